The van der Waals surface area contributed by atoms with Crippen molar-refractivity contribution in [2.45, 2.75) is 57.6 Å². The number of aromatic amines is 1. The average molecular weight is 442 g/mol. The van der Waals surface area contributed by atoms with Crippen LogP contribution in [0.25, 0.3) is 10.2 Å². The number of aryl methyl sites for hydroxylation is 3. The number of H-pyrrole nitrogens is 1. The van der Waals surface area contributed by atoms with Crippen LogP contribution in [-0.4, -0.2) is 21.1 Å². The molecule has 0 saturated heterocycles. The first-order valence-electron chi connectivity index (χ1n) is 10.3. The zero-order chi connectivity index (χ0) is 21.4. The van der Waals surface area contributed by atoms with Crippen LogP contribution in [-0.2, 0) is 10.5 Å². The van der Waals surface area contributed by atoms with Crippen molar-refractivity contribution >= 4 is 39.2 Å². The van der Waals surface area contributed by atoms with Gasteiger partial charge in [0, 0.05) is 4.88 Å². The number of thioether (sulfide) groups is 1. The maximum atomic E-state index is 12.9. The van der Waals surface area contributed by atoms with Crippen molar-refractivity contribution < 1.29 is 4.79 Å². The molecule has 1 amide bonds. The van der Waals surface area contributed by atoms with Gasteiger partial charge in [-0.2, -0.15) is 0 Å². The molecule has 3 aromatic rings. The van der Waals surface area contributed by atoms with E-state index in [2.05, 4.69) is 46.5 Å². The minimum absolute atomic E-state index is 0.0312. The fourth-order valence-corrected chi connectivity index (χ4v) is 5.41. The van der Waals surface area contributed by atoms with Crippen LogP contribution in [0.5, 0.6) is 0 Å². The SMILES string of the molecule is Cc1ccc(C(NC(=O)C(C)SCc2nc3sc(C)c(C)c3c(=O)[nH]2)C2CC2)cc1. The van der Waals surface area contributed by atoms with E-state index in [1.54, 1.807) is 11.3 Å². The summed E-state index contributed by atoms with van der Waals surface area (Å²) in [7, 11) is 0. The molecule has 2 heterocycles. The molecule has 1 fully saturated rings. The van der Waals surface area contributed by atoms with Gasteiger partial charge in [0.2, 0.25) is 5.91 Å². The number of thiophene rings is 1. The number of amides is 1. The fourth-order valence-electron chi connectivity index (χ4n) is 3.59. The minimum Gasteiger partial charge on any atom is -0.348 e. The van der Waals surface area contributed by atoms with Gasteiger partial charge in [-0.1, -0.05) is 29.8 Å². The van der Waals surface area contributed by atoms with Gasteiger partial charge in [-0.3, -0.25) is 9.59 Å². The van der Waals surface area contributed by atoms with E-state index in [0.717, 1.165) is 28.1 Å². The number of benzene rings is 1. The summed E-state index contributed by atoms with van der Waals surface area (Å²) in [6, 6.07) is 8.51. The molecule has 30 heavy (non-hydrogen) atoms. The third-order valence-electron chi connectivity index (χ3n) is 5.76. The Morgan fingerprint density at radius 1 is 1.27 bits per heavy atom. The molecule has 0 aliphatic heterocycles. The Bertz CT molecular complexity index is 1130. The summed E-state index contributed by atoms with van der Waals surface area (Å²) in [5, 5.41) is 3.70. The Labute approximate surface area is 184 Å². The standard InChI is InChI=1S/C23H27N3O2S2/c1-12-5-7-16(8-6-12)20(17-9-10-17)26-21(27)15(4)29-11-18-24-22(28)19-13(2)14(3)30-23(19)25-18/h5-8,15,17,20H,9-11H2,1-4H3,(H,26,27)(H,24,25,28). The number of rotatable bonds is 7. The summed E-state index contributed by atoms with van der Waals surface area (Å²) < 4.78 is 0. The van der Waals surface area contributed by atoms with E-state index < -0.39 is 0 Å². The van der Waals surface area contributed by atoms with Gasteiger partial charge in [0.05, 0.1) is 22.4 Å². The van der Waals surface area contributed by atoms with Gasteiger partial charge in [-0.15, -0.1) is 23.1 Å². The van der Waals surface area contributed by atoms with Crippen molar-refractivity contribution in [2.75, 3.05) is 0 Å². The lowest BCUT2D eigenvalue weighted by Crippen LogP contribution is -2.35. The van der Waals surface area contributed by atoms with Crippen molar-refractivity contribution in [1.29, 1.82) is 0 Å². The lowest BCUT2D eigenvalue weighted by atomic mass is 10.0. The summed E-state index contributed by atoms with van der Waals surface area (Å²) >= 11 is 3.04. The van der Waals surface area contributed by atoms with Crippen molar-refractivity contribution in [3.63, 3.8) is 0 Å². The van der Waals surface area contributed by atoms with Crippen LogP contribution in [0.2, 0.25) is 0 Å². The van der Waals surface area contributed by atoms with Gasteiger partial charge in [0.1, 0.15) is 10.7 Å². The van der Waals surface area contributed by atoms with Crippen LogP contribution in [0, 0.1) is 26.7 Å². The molecule has 0 bridgehead atoms. The number of carbonyl (C=O) groups is 1. The number of aromatic nitrogens is 2. The first-order valence-corrected chi connectivity index (χ1v) is 12.2. The third kappa shape index (κ3) is 4.47. The van der Waals surface area contributed by atoms with Crippen molar-refractivity contribution in [1.82, 2.24) is 15.3 Å². The number of nitrogens with one attached hydrogen (secondary N) is 2. The largest absolute Gasteiger partial charge is 0.348 e. The fraction of sp³-hybridized carbons (Fsp3) is 0.435. The van der Waals surface area contributed by atoms with E-state index in [1.807, 2.05) is 20.8 Å². The number of carbonyl (C=O) groups excluding carboxylic acids is 1. The highest BCUT2D eigenvalue weighted by atomic mass is 32.2. The summed E-state index contributed by atoms with van der Waals surface area (Å²) in [5.74, 6) is 1.67. The summed E-state index contributed by atoms with van der Waals surface area (Å²) in [6.45, 7) is 7.94. The van der Waals surface area contributed by atoms with Crippen LogP contribution >= 0.6 is 23.1 Å². The topological polar surface area (TPSA) is 74.8 Å². The average Bonchev–Trinajstić information content (AvgIpc) is 3.51. The molecule has 2 atom stereocenters. The predicted molar refractivity (Wildman–Crippen MR) is 125 cm³/mol. The highest BCUT2D eigenvalue weighted by molar-refractivity contribution is 7.99. The quantitative estimate of drug-likeness (QED) is 0.552. The van der Waals surface area contributed by atoms with E-state index in [0.29, 0.717) is 22.9 Å². The van der Waals surface area contributed by atoms with Gasteiger partial charge in [0.25, 0.3) is 5.56 Å². The number of hydrogen-bond donors (Lipinski definition) is 2. The zero-order valence-corrected chi connectivity index (χ0v) is 19.4. The highest BCUT2D eigenvalue weighted by Crippen LogP contribution is 2.41. The second kappa shape index (κ2) is 8.55. The molecule has 0 radical (unpaired) electrons. The maximum absolute atomic E-state index is 12.9. The van der Waals surface area contributed by atoms with Gasteiger partial charge in [-0.25, -0.2) is 4.98 Å². The van der Waals surface area contributed by atoms with E-state index in [9.17, 15) is 9.59 Å². The Morgan fingerprint density at radius 3 is 2.63 bits per heavy atom. The van der Waals surface area contributed by atoms with Gasteiger partial charge in [0.15, 0.2) is 0 Å². The van der Waals surface area contributed by atoms with E-state index in [4.69, 9.17) is 0 Å². The second-order valence-corrected chi connectivity index (χ2v) is 10.7. The molecule has 1 aliphatic carbocycles. The maximum Gasteiger partial charge on any atom is 0.259 e. The molecule has 1 aromatic carbocycles. The van der Waals surface area contributed by atoms with Crippen LogP contribution in [0.15, 0.2) is 29.1 Å². The van der Waals surface area contributed by atoms with E-state index in [-0.39, 0.29) is 22.8 Å². The molecule has 0 spiro atoms. The zero-order valence-electron chi connectivity index (χ0n) is 17.7. The smallest absolute Gasteiger partial charge is 0.259 e. The summed E-state index contributed by atoms with van der Waals surface area (Å²) in [6.07, 6.45) is 2.32. The Hall–Kier alpha value is -2.12. The first kappa shape index (κ1) is 21.1. The molecule has 2 aromatic heterocycles. The minimum atomic E-state index is -0.232. The van der Waals surface area contributed by atoms with E-state index >= 15 is 0 Å². The van der Waals surface area contributed by atoms with Crippen LogP contribution in [0.4, 0.5) is 0 Å². The van der Waals surface area contributed by atoms with E-state index in [1.165, 1.54) is 22.9 Å². The van der Waals surface area contributed by atoms with Crippen molar-refractivity contribution in [3.8, 4) is 0 Å². The molecule has 2 unspecified atom stereocenters. The second-order valence-electron chi connectivity index (χ2n) is 8.16. The van der Waals surface area contributed by atoms with Gasteiger partial charge >= 0.3 is 0 Å². The lowest BCUT2D eigenvalue weighted by Gasteiger charge is -2.21. The lowest BCUT2D eigenvalue weighted by molar-refractivity contribution is -0.121. The molecule has 158 valence electrons. The summed E-state index contributed by atoms with van der Waals surface area (Å²) in [4.78, 5) is 34.7. The normalized spacial score (nSPS) is 15.9. The van der Waals surface area contributed by atoms with Crippen LogP contribution < -0.4 is 10.9 Å². The molecule has 7 heteroatoms. The first-order chi connectivity index (χ1) is 14.3. The molecule has 2 N–H and O–H groups in total. The molecular formula is C23H27N3O2S2. The Kier molecular flexibility index (Phi) is 6.02. The van der Waals surface area contributed by atoms with Crippen LogP contribution in [0.1, 0.15) is 53.2 Å². The van der Waals surface area contributed by atoms with Gasteiger partial charge in [-0.05, 0) is 57.6 Å². The molecule has 1 aliphatic rings. The monoisotopic (exact) mass is 441 g/mol. The number of fused-ring (bicyclic) bond motifs is 1. The molecule has 5 nitrogen and oxygen atoms in total. The molecule has 1 saturated carbocycles. The van der Waals surface area contributed by atoms with Crippen molar-refractivity contribution in [2.24, 2.45) is 5.92 Å². The predicted octanol–water partition coefficient (Wildman–Crippen LogP) is 4.80. The number of nitrogens with zero attached hydrogens (tertiary/aromatic N) is 1. The third-order valence-corrected chi connectivity index (χ3v) is 8.01. The summed E-state index contributed by atoms with van der Waals surface area (Å²) in [5.41, 5.74) is 3.30. The van der Waals surface area contributed by atoms with Crippen LogP contribution in [0.3, 0.4) is 0 Å². The number of hydrogen-bond acceptors (Lipinski definition) is 5. The van der Waals surface area contributed by atoms with Gasteiger partial charge < -0.3 is 10.3 Å². The Morgan fingerprint density at radius 2 is 1.97 bits per heavy atom. The highest BCUT2D eigenvalue weighted by Gasteiger charge is 2.34. The molecule has 4 rings (SSSR count). The molecular weight excluding hydrogens is 414 g/mol. The Balaban J connectivity index is 1.41. The van der Waals surface area contributed by atoms with Crippen molar-refractivity contribution in [3.05, 3.63) is 62.0 Å².